The molecule has 0 aromatic carbocycles. The number of amides is 1. The molecule has 2 aliphatic rings. The molecule has 10 nitrogen and oxygen atoms in total. The fourth-order valence-electron chi connectivity index (χ4n) is 4.95. The number of carbonyl (C=O) groups excluding carboxylic acids is 1. The molecule has 11 heteroatoms. The molecule has 2 unspecified atom stereocenters. The normalized spacial score (nSPS) is 20.2. The average molecular weight is 483 g/mol. The van der Waals surface area contributed by atoms with E-state index in [0.717, 1.165) is 47.5 Å². The maximum absolute atomic E-state index is 13.4. The summed E-state index contributed by atoms with van der Waals surface area (Å²) in [4.78, 5) is 25.7. The fraction of sp³-hybridized carbons (Fsp3) is 0.478. The van der Waals surface area contributed by atoms with E-state index in [9.17, 15) is 4.79 Å². The van der Waals surface area contributed by atoms with Gasteiger partial charge in [-0.15, -0.1) is 10.2 Å². The van der Waals surface area contributed by atoms with E-state index in [1.165, 1.54) is 4.80 Å². The van der Waals surface area contributed by atoms with Crippen molar-refractivity contribution in [3.05, 3.63) is 41.3 Å². The number of alkyl halides is 1. The summed E-state index contributed by atoms with van der Waals surface area (Å²) < 4.78 is 5.47. The van der Waals surface area contributed by atoms with Crippen LogP contribution in [0.1, 0.15) is 42.5 Å². The molecule has 1 saturated heterocycles. The summed E-state index contributed by atoms with van der Waals surface area (Å²) in [5, 5.41) is 16.1. The Balaban J connectivity index is 1.32. The summed E-state index contributed by atoms with van der Waals surface area (Å²) in [6.07, 6.45) is 5.95. The largest absolute Gasteiger partial charge is 0.476 e. The van der Waals surface area contributed by atoms with Crippen molar-refractivity contribution >= 4 is 23.3 Å². The summed E-state index contributed by atoms with van der Waals surface area (Å²) in [7, 11) is 1.75. The molecule has 3 aromatic rings. The first-order chi connectivity index (χ1) is 16.4. The van der Waals surface area contributed by atoms with Crippen molar-refractivity contribution in [2.24, 2.45) is 7.05 Å². The van der Waals surface area contributed by atoms with Gasteiger partial charge in [-0.3, -0.25) is 9.78 Å². The monoisotopic (exact) mass is 482 g/mol. The lowest BCUT2D eigenvalue weighted by Crippen LogP contribution is -2.46. The molecule has 1 N–H and O–H groups in total. The number of fused-ring (bicyclic) bond motifs is 1. The maximum atomic E-state index is 13.4. The molecule has 0 radical (unpaired) electrons. The van der Waals surface area contributed by atoms with Crippen LogP contribution in [-0.2, 0) is 18.3 Å². The van der Waals surface area contributed by atoms with Crippen LogP contribution in [-0.4, -0.2) is 65.7 Å². The third kappa shape index (κ3) is 4.06. The Bertz CT molecular complexity index is 1230. The Morgan fingerprint density at radius 3 is 3.00 bits per heavy atom. The highest BCUT2D eigenvalue weighted by Gasteiger charge is 2.43. The minimum atomic E-state index is -0.352. The number of hydrogen-bond acceptors (Lipinski definition) is 8. The van der Waals surface area contributed by atoms with Gasteiger partial charge in [0, 0.05) is 30.4 Å². The lowest BCUT2D eigenvalue weighted by molar-refractivity contribution is -0.131. The Hall–Kier alpha value is -3.27. The van der Waals surface area contributed by atoms with Crippen LogP contribution in [0.25, 0.3) is 11.4 Å². The van der Waals surface area contributed by atoms with Crippen LogP contribution in [0, 0.1) is 6.92 Å². The predicted molar refractivity (Wildman–Crippen MR) is 127 cm³/mol. The van der Waals surface area contributed by atoms with Crippen molar-refractivity contribution in [3.63, 3.8) is 0 Å². The highest BCUT2D eigenvalue weighted by molar-refractivity contribution is 6.17. The van der Waals surface area contributed by atoms with Crippen molar-refractivity contribution in [2.75, 3.05) is 24.5 Å². The SMILES string of the molecule is Cc1nc2c(cc1-c1nnn(C)n1)CCC1(CCN(C(=O)C(C)c3ccncc3OCCl)C1)N2. The first-order valence-corrected chi connectivity index (χ1v) is 11.9. The first-order valence-electron chi connectivity index (χ1n) is 11.3. The van der Waals surface area contributed by atoms with Gasteiger partial charge in [0.15, 0.2) is 6.07 Å². The Kier molecular flexibility index (Phi) is 5.85. The minimum absolute atomic E-state index is 0.0107. The van der Waals surface area contributed by atoms with E-state index in [0.29, 0.717) is 24.7 Å². The van der Waals surface area contributed by atoms with E-state index in [2.05, 4.69) is 31.8 Å². The van der Waals surface area contributed by atoms with Crippen LogP contribution in [0.15, 0.2) is 24.5 Å². The van der Waals surface area contributed by atoms with Crippen LogP contribution in [0.2, 0.25) is 0 Å². The summed E-state index contributed by atoms with van der Waals surface area (Å²) in [6.45, 7) is 5.19. The van der Waals surface area contributed by atoms with Gasteiger partial charge in [0.2, 0.25) is 11.7 Å². The molecule has 0 saturated carbocycles. The van der Waals surface area contributed by atoms with Gasteiger partial charge in [0.25, 0.3) is 0 Å². The molecular formula is C23H27ClN8O2. The number of pyridine rings is 2. The molecule has 0 bridgehead atoms. The van der Waals surface area contributed by atoms with Crippen LogP contribution >= 0.6 is 11.6 Å². The van der Waals surface area contributed by atoms with E-state index in [4.69, 9.17) is 21.3 Å². The van der Waals surface area contributed by atoms with E-state index in [-0.39, 0.29) is 23.4 Å². The molecule has 1 spiro atoms. The standard InChI is InChI=1S/C23H27ClN8O2/c1-14(17-5-8-25-11-19(17)34-13-24)22(33)32-9-7-23(12-32)6-4-16-10-18(15(2)26-20(16)27-23)21-28-30-31(3)29-21/h5,8,10-11,14H,4,6-7,9,12-13H2,1-3H3,(H,26,27). The minimum Gasteiger partial charge on any atom is -0.476 e. The molecule has 178 valence electrons. The van der Waals surface area contributed by atoms with Crippen LogP contribution in [0.5, 0.6) is 5.75 Å². The number of hydrogen-bond donors (Lipinski definition) is 1. The van der Waals surface area contributed by atoms with Gasteiger partial charge in [-0.05, 0) is 56.0 Å². The van der Waals surface area contributed by atoms with Crippen LogP contribution in [0.3, 0.4) is 0 Å². The number of rotatable bonds is 5. The number of likely N-dealkylation sites (tertiary alicyclic amines) is 1. The summed E-state index contributed by atoms with van der Waals surface area (Å²) in [5.41, 5.74) is 3.50. The number of nitrogens with zero attached hydrogens (tertiary/aromatic N) is 7. The van der Waals surface area contributed by atoms with Crippen molar-refractivity contribution < 1.29 is 9.53 Å². The lowest BCUT2D eigenvalue weighted by atomic mass is 9.86. The van der Waals surface area contributed by atoms with E-state index in [1.54, 1.807) is 19.4 Å². The van der Waals surface area contributed by atoms with Crippen molar-refractivity contribution in [3.8, 4) is 17.1 Å². The number of aromatic nitrogens is 6. The highest BCUT2D eigenvalue weighted by Crippen LogP contribution is 2.39. The molecule has 2 atom stereocenters. The van der Waals surface area contributed by atoms with Crippen molar-refractivity contribution in [2.45, 2.75) is 44.6 Å². The molecule has 3 aromatic heterocycles. The Morgan fingerprint density at radius 2 is 2.24 bits per heavy atom. The molecule has 5 rings (SSSR count). The van der Waals surface area contributed by atoms with Gasteiger partial charge < -0.3 is 15.0 Å². The quantitative estimate of drug-likeness (QED) is 0.552. The summed E-state index contributed by atoms with van der Waals surface area (Å²) >= 11 is 5.74. The van der Waals surface area contributed by atoms with Gasteiger partial charge in [0.05, 0.1) is 30.4 Å². The van der Waals surface area contributed by atoms with Crippen LogP contribution < -0.4 is 10.1 Å². The van der Waals surface area contributed by atoms with Gasteiger partial charge >= 0.3 is 0 Å². The summed E-state index contributed by atoms with van der Waals surface area (Å²) in [5.74, 6) is 1.73. The molecule has 0 aliphatic carbocycles. The molecular weight excluding hydrogens is 456 g/mol. The number of ether oxygens (including phenoxy) is 1. The molecule has 1 amide bonds. The third-order valence-corrected chi connectivity index (χ3v) is 6.94. The van der Waals surface area contributed by atoms with Gasteiger partial charge in [-0.2, -0.15) is 4.80 Å². The number of aryl methyl sites for hydroxylation is 3. The second-order valence-electron chi connectivity index (χ2n) is 9.04. The number of carbonyl (C=O) groups is 1. The Labute approximate surface area is 202 Å². The van der Waals surface area contributed by atoms with Crippen LogP contribution in [0.4, 0.5) is 5.82 Å². The topological polar surface area (TPSA) is 111 Å². The Morgan fingerprint density at radius 1 is 1.38 bits per heavy atom. The lowest BCUT2D eigenvalue weighted by Gasteiger charge is -2.36. The molecule has 5 heterocycles. The number of nitrogens with one attached hydrogen (secondary N) is 1. The molecule has 34 heavy (non-hydrogen) atoms. The zero-order valence-corrected chi connectivity index (χ0v) is 20.2. The summed E-state index contributed by atoms with van der Waals surface area (Å²) in [6, 6.07) is 3.94. The number of halogens is 1. The zero-order chi connectivity index (χ0) is 23.9. The highest BCUT2D eigenvalue weighted by atomic mass is 35.5. The van der Waals surface area contributed by atoms with E-state index < -0.39 is 0 Å². The van der Waals surface area contributed by atoms with Crippen molar-refractivity contribution in [1.29, 1.82) is 0 Å². The molecule has 1 fully saturated rings. The van der Waals surface area contributed by atoms with Gasteiger partial charge in [-0.25, -0.2) is 4.98 Å². The second-order valence-corrected chi connectivity index (χ2v) is 9.25. The fourth-order valence-corrected chi connectivity index (χ4v) is 5.07. The first kappa shape index (κ1) is 22.5. The maximum Gasteiger partial charge on any atom is 0.230 e. The number of tetrazole rings is 1. The van der Waals surface area contributed by atoms with Gasteiger partial charge in [-0.1, -0.05) is 11.6 Å². The smallest absolute Gasteiger partial charge is 0.230 e. The van der Waals surface area contributed by atoms with Gasteiger partial charge in [0.1, 0.15) is 11.6 Å². The van der Waals surface area contributed by atoms with E-state index >= 15 is 0 Å². The zero-order valence-electron chi connectivity index (χ0n) is 19.5. The second kappa shape index (κ2) is 8.83. The van der Waals surface area contributed by atoms with E-state index in [1.807, 2.05) is 24.8 Å². The van der Waals surface area contributed by atoms with Crippen molar-refractivity contribution in [1.82, 2.24) is 35.1 Å². The third-order valence-electron chi connectivity index (χ3n) is 6.83. The number of anilines is 1. The predicted octanol–water partition coefficient (Wildman–Crippen LogP) is 2.68. The average Bonchev–Trinajstić information content (AvgIpc) is 3.45. The molecule has 2 aliphatic heterocycles.